The molecule has 0 amide bonds. The number of rotatable bonds is 3. The molecule has 0 unspecified atom stereocenters. The Labute approximate surface area is 162 Å². The summed E-state index contributed by atoms with van der Waals surface area (Å²) in [5, 5.41) is 29.2. The van der Waals surface area contributed by atoms with Gasteiger partial charge >= 0.3 is 5.97 Å². The highest BCUT2D eigenvalue weighted by atomic mass is 16.4. The maximum atomic E-state index is 11.8. The Bertz CT molecular complexity index is 692. The number of aliphatic hydroxyl groups is 2. The van der Waals surface area contributed by atoms with Gasteiger partial charge in [-0.1, -0.05) is 31.1 Å². The second-order valence-corrected chi connectivity index (χ2v) is 9.89. The molecule has 0 radical (unpaired) electrons. The standard InChI is InChI=1S/C23H34O4/c1-22-10-7-15(25)13-14(22)3-4-16-18-5-6-19(17(9-12-24)21(26)27)23(18,2)11-8-20(16)22/h3,15-16,18,20,24-25H,4-13H2,1-2H3,(H,26,27)/t15-,16-,18-,20-,22-,23-/m0/s1. The number of hydrogen-bond acceptors (Lipinski definition) is 3. The predicted molar refractivity (Wildman–Crippen MR) is 104 cm³/mol. The highest BCUT2D eigenvalue weighted by Gasteiger charge is 2.57. The quantitative estimate of drug-likeness (QED) is 0.514. The summed E-state index contributed by atoms with van der Waals surface area (Å²) in [5.41, 5.74) is 3.26. The Kier molecular flexibility index (Phi) is 4.79. The van der Waals surface area contributed by atoms with Crippen molar-refractivity contribution in [1.29, 1.82) is 0 Å². The third-order valence-electron chi connectivity index (χ3n) is 8.85. The molecule has 150 valence electrons. The van der Waals surface area contributed by atoms with Crippen molar-refractivity contribution < 1.29 is 20.1 Å². The van der Waals surface area contributed by atoms with Crippen molar-refractivity contribution in [1.82, 2.24) is 0 Å². The smallest absolute Gasteiger partial charge is 0.331 e. The summed E-state index contributed by atoms with van der Waals surface area (Å²) in [6.45, 7) is 4.62. The van der Waals surface area contributed by atoms with Gasteiger partial charge in [0.15, 0.2) is 0 Å². The SMILES string of the molecule is C[C@]12CC[C@H](O)CC1=CC[C@@H]1[C@@H]2CC[C@]2(C)C(=C(CCO)C(=O)O)CC[C@@H]12. The summed E-state index contributed by atoms with van der Waals surface area (Å²) < 4.78 is 0. The first kappa shape index (κ1) is 19.2. The molecule has 4 heteroatoms. The number of allylic oxidation sites excluding steroid dienone is 2. The van der Waals surface area contributed by atoms with E-state index in [1.165, 1.54) is 5.57 Å². The van der Waals surface area contributed by atoms with Gasteiger partial charge in [-0.05, 0) is 80.0 Å². The molecule has 0 saturated heterocycles. The van der Waals surface area contributed by atoms with Crippen LogP contribution in [0.25, 0.3) is 0 Å². The van der Waals surface area contributed by atoms with E-state index in [1.54, 1.807) is 0 Å². The molecule has 0 aromatic rings. The fraction of sp³-hybridized carbons (Fsp3) is 0.783. The van der Waals surface area contributed by atoms with Gasteiger partial charge in [-0.15, -0.1) is 0 Å². The first-order valence-electron chi connectivity index (χ1n) is 10.8. The summed E-state index contributed by atoms with van der Waals surface area (Å²) in [5.74, 6) is 0.978. The summed E-state index contributed by atoms with van der Waals surface area (Å²) in [7, 11) is 0. The van der Waals surface area contributed by atoms with E-state index in [0.717, 1.165) is 56.9 Å². The topological polar surface area (TPSA) is 77.8 Å². The van der Waals surface area contributed by atoms with Gasteiger partial charge in [0, 0.05) is 18.6 Å². The molecule has 4 aliphatic carbocycles. The van der Waals surface area contributed by atoms with Gasteiger partial charge < -0.3 is 15.3 Å². The van der Waals surface area contributed by atoms with Crippen LogP contribution in [0.5, 0.6) is 0 Å². The molecule has 0 heterocycles. The molecule has 0 aromatic carbocycles. The number of hydrogen-bond donors (Lipinski definition) is 3. The van der Waals surface area contributed by atoms with E-state index in [9.17, 15) is 20.1 Å². The minimum atomic E-state index is -0.845. The molecule has 6 atom stereocenters. The minimum absolute atomic E-state index is 0.0278. The van der Waals surface area contributed by atoms with Gasteiger partial charge in [0.1, 0.15) is 0 Å². The average Bonchev–Trinajstić information content (AvgIpc) is 2.97. The van der Waals surface area contributed by atoms with Crippen LogP contribution in [0.2, 0.25) is 0 Å². The number of aliphatic hydroxyl groups excluding tert-OH is 2. The lowest BCUT2D eigenvalue weighted by atomic mass is 9.47. The molecule has 4 aliphatic rings. The van der Waals surface area contributed by atoms with E-state index in [2.05, 4.69) is 19.9 Å². The maximum Gasteiger partial charge on any atom is 0.331 e. The molecular formula is C23H34O4. The lowest BCUT2D eigenvalue weighted by Crippen LogP contribution is -2.49. The first-order valence-corrected chi connectivity index (χ1v) is 10.8. The third-order valence-corrected chi connectivity index (χ3v) is 8.85. The molecule has 27 heavy (non-hydrogen) atoms. The summed E-state index contributed by atoms with van der Waals surface area (Å²) >= 11 is 0. The zero-order valence-electron chi connectivity index (χ0n) is 16.7. The summed E-state index contributed by atoms with van der Waals surface area (Å²) in [4.78, 5) is 11.8. The van der Waals surface area contributed by atoms with Gasteiger partial charge in [-0.2, -0.15) is 0 Å². The van der Waals surface area contributed by atoms with Gasteiger partial charge in [-0.25, -0.2) is 4.79 Å². The van der Waals surface area contributed by atoms with Gasteiger partial charge in [-0.3, -0.25) is 0 Å². The van der Waals surface area contributed by atoms with Crippen molar-refractivity contribution in [3.8, 4) is 0 Å². The van der Waals surface area contributed by atoms with Crippen LogP contribution in [0, 0.1) is 28.6 Å². The van der Waals surface area contributed by atoms with Gasteiger partial charge in [0.05, 0.1) is 6.10 Å². The minimum Gasteiger partial charge on any atom is -0.478 e. The second-order valence-electron chi connectivity index (χ2n) is 9.89. The lowest BCUT2D eigenvalue weighted by Gasteiger charge is -2.57. The Morgan fingerprint density at radius 3 is 2.56 bits per heavy atom. The van der Waals surface area contributed by atoms with Crippen LogP contribution >= 0.6 is 0 Å². The van der Waals surface area contributed by atoms with Crippen molar-refractivity contribution in [2.75, 3.05) is 6.61 Å². The Balaban J connectivity index is 1.68. The van der Waals surface area contributed by atoms with Crippen molar-refractivity contribution in [2.24, 2.45) is 28.6 Å². The van der Waals surface area contributed by atoms with Crippen molar-refractivity contribution in [2.45, 2.75) is 77.7 Å². The normalized spacial score (nSPS) is 45.4. The fourth-order valence-electron chi connectivity index (χ4n) is 7.45. The van der Waals surface area contributed by atoms with Crippen LogP contribution in [0.15, 0.2) is 22.8 Å². The second kappa shape index (κ2) is 6.73. The van der Waals surface area contributed by atoms with E-state index in [4.69, 9.17) is 0 Å². The molecule has 0 spiro atoms. The molecular weight excluding hydrogens is 340 g/mol. The van der Waals surface area contributed by atoms with Crippen LogP contribution < -0.4 is 0 Å². The Morgan fingerprint density at radius 1 is 1.15 bits per heavy atom. The van der Waals surface area contributed by atoms with Crippen LogP contribution in [-0.4, -0.2) is 34.0 Å². The number of fused-ring (bicyclic) bond motifs is 5. The first-order chi connectivity index (χ1) is 12.8. The third kappa shape index (κ3) is 2.82. The fourth-order valence-corrected chi connectivity index (χ4v) is 7.45. The summed E-state index contributed by atoms with van der Waals surface area (Å²) in [6.07, 6.45) is 10.6. The Hall–Kier alpha value is -1.13. The maximum absolute atomic E-state index is 11.8. The molecule has 4 rings (SSSR count). The highest BCUT2D eigenvalue weighted by molar-refractivity contribution is 5.88. The van der Waals surface area contributed by atoms with Crippen molar-refractivity contribution in [3.05, 3.63) is 22.8 Å². The van der Waals surface area contributed by atoms with Crippen molar-refractivity contribution in [3.63, 3.8) is 0 Å². The largest absolute Gasteiger partial charge is 0.478 e. The number of carbonyl (C=O) groups is 1. The summed E-state index contributed by atoms with van der Waals surface area (Å²) in [6, 6.07) is 0. The number of carboxylic acid groups (broad SMARTS) is 1. The molecule has 3 fully saturated rings. The van der Waals surface area contributed by atoms with E-state index in [-0.39, 0.29) is 30.0 Å². The Morgan fingerprint density at radius 2 is 1.85 bits per heavy atom. The van der Waals surface area contributed by atoms with Gasteiger partial charge in [0.2, 0.25) is 0 Å². The van der Waals surface area contributed by atoms with Crippen LogP contribution in [0.3, 0.4) is 0 Å². The zero-order chi connectivity index (χ0) is 19.4. The monoisotopic (exact) mass is 374 g/mol. The molecule has 4 nitrogen and oxygen atoms in total. The molecule has 0 aromatic heterocycles. The highest BCUT2D eigenvalue weighted by Crippen LogP contribution is 2.66. The predicted octanol–water partition coefficient (Wildman–Crippen LogP) is 4.07. The lowest BCUT2D eigenvalue weighted by molar-refractivity contribution is -0.133. The van der Waals surface area contributed by atoms with Crippen molar-refractivity contribution >= 4 is 5.97 Å². The van der Waals surface area contributed by atoms with E-state index >= 15 is 0 Å². The van der Waals surface area contributed by atoms with E-state index in [0.29, 0.717) is 23.3 Å². The van der Waals surface area contributed by atoms with Crippen LogP contribution in [0.1, 0.15) is 71.6 Å². The number of carboxylic acids is 1. The average molecular weight is 375 g/mol. The number of aliphatic carboxylic acids is 1. The van der Waals surface area contributed by atoms with E-state index in [1.807, 2.05) is 0 Å². The van der Waals surface area contributed by atoms with Crippen LogP contribution in [0.4, 0.5) is 0 Å². The molecule has 0 aliphatic heterocycles. The molecule has 3 N–H and O–H groups in total. The van der Waals surface area contributed by atoms with E-state index < -0.39 is 5.97 Å². The molecule has 0 bridgehead atoms. The van der Waals surface area contributed by atoms with Gasteiger partial charge in [0.25, 0.3) is 0 Å². The molecule has 3 saturated carbocycles. The van der Waals surface area contributed by atoms with Crippen LogP contribution in [-0.2, 0) is 4.79 Å². The zero-order valence-corrected chi connectivity index (χ0v) is 16.7.